The molecule has 15 heavy (non-hydrogen) atoms. The van der Waals surface area contributed by atoms with Gasteiger partial charge in [0.1, 0.15) is 6.04 Å². The van der Waals surface area contributed by atoms with Gasteiger partial charge in [-0.1, -0.05) is 13.8 Å². The van der Waals surface area contributed by atoms with Crippen LogP contribution < -0.4 is 5.73 Å². The van der Waals surface area contributed by atoms with Gasteiger partial charge in [0.15, 0.2) is 0 Å². The van der Waals surface area contributed by atoms with E-state index < -0.39 is 12.0 Å². The summed E-state index contributed by atoms with van der Waals surface area (Å²) in [7, 11) is 2.10. The van der Waals surface area contributed by atoms with Gasteiger partial charge in [-0.25, -0.2) is 0 Å². The van der Waals surface area contributed by atoms with Crippen LogP contribution >= 0.6 is 0 Å². The Morgan fingerprint density at radius 1 is 1.67 bits per heavy atom. The normalized spacial score (nSPS) is 25.5. The van der Waals surface area contributed by atoms with E-state index >= 15 is 0 Å². The van der Waals surface area contributed by atoms with Crippen molar-refractivity contribution in [2.75, 3.05) is 13.6 Å². The summed E-state index contributed by atoms with van der Waals surface area (Å²) in [5, 5.41) is 8.92. The molecule has 0 aliphatic carbocycles. The van der Waals surface area contributed by atoms with E-state index in [2.05, 4.69) is 11.9 Å². The summed E-state index contributed by atoms with van der Waals surface area (Å²) in [6.07, 6.45) is 3.22. The molecule has 1 heterocycles. The Labute approximate surface area is 91.4 Å². The molecule has 0 aromatic carbocycles. The second-order valence-electron chi connectivity index (χ2n) is 5.29. The van der Waals surface area contributed by atoms with Crippen molar-refractivity contribution in [3.63, 3.8) is 0 Å². The van der Waals surface area contributed by atoms with Crippen LogP contribution in [0, 0.1) is 5.41 Å². The molecule has 0 bridgehead atoms. The average molecular weight is 214 g/mol. The third-order valence-electron chi connectivity index (χ3n) is 3.54. The first kappa shape index (κ1) is 12.5. The van der Waals surface area contributed by atoms with Crippen LogP contribution in [0.5, 0.6) is 0 Å². The number of likely N-dealkylation sites (tertiary alicyclic amines) is 1. The zero-order chi connectivity index (χ0) is 11.6. The molecule has 1 fully saturated rings. The van der Waals surface area contributed by atoms with E-state index in [4.69, 9.17) is 10.8 Å². The van der Waals surface area contributed by atoms with Crippen LogP contribution in [-0.4, -0.2) is 41.7 Å². The molecule has 0 radical (unpaired) electrons. The van der Waals surface area contributed by atoms with Crippen molar-refractivity contribution in [1.29, 1.82) is 0 Å². The van der Waals surface area contributed by atoms with Gasteiger partial charge in [0, 0.05) is 6.04 Å². The third-order valence-corrected chi connectivity index (χ3v) is 3.54. The monoisotopic (exact) mass is 214 g/mol. The summed E-state index contributed by atoms with van der Waals surface area (Å²) < 4.78 is 0. The van der Waals surface area contributed by atoms with Gasteiger partial charge in [0.25, 0.3) is 0 Å². The summed E-state index contributed by atoms with van der Waals surface area (Å²) in [5.41, 5.74) is 5.36. The van der Waals surface area contributed by atoms with Crippen LogP contribution in [0.2, 0.25) is 0 Å². The summed E-state index contributed by atoms with van der Waals surface area (Å²) in [4.78, 5) is 13.2. The Bertz CT molecular complexity index is 241. The number of nitrogens with two attached hydrogens (primary N) is 1. The minimum absolute atomic E-state index is 0.338. The fraction of sp³-hybridized carbons (Fsp3) is 0.909. The van der Waals surface area contributed by atoms with E-state index in [9.17, 15) is 4.79 Å². The van der Waals surface area contributed by atoms with Gasteiger partial charge in [-0.15, -0.1) is 0 Å². The molecule has 0 aromatic heterocycles. The molecule has 88 valence electrons. The molecule has 4 heteroatoms. The van der Waals surface area contributed by atoms with Crippen molar-refractivity contribution in [3.05, 3.63) is 0 Å². The fourth-order valence-electron chi connectivity index (χ4n) is 2.31. The van der Waals surface area contributed by atoms with Gasteiger partial charge in [0.05, 0.1) is 0 Å². The van der Waals surface area contributed by atoms with Crippen molar-refractivity contribution in [1.82, 2.24) is 4.90 Å². The Balaban J connectivity index is 2.58. The molecule has 0 amide bonds. The Morgan fingerprint density at radius 3 is 2.67 bits per heavy atom. The number of carboxylic acid groups (broad SMARTS) is 1. The Morgan fingerprint density at radius 2 is 2.27 bits per heavy atom. The van der Waals surface area contributed by atoms with Crippen LogP contribution in [0.25, 0.3) is 0 Å². The van der Waals surface area contributed by atoms with Gasteiger partial charge in [0.2, 0.25) is 0 Å². The summed E-state index contributed by atoms with van der Waals surface area (Å²) in [6, 6.07) is -0.281. The first-order valence-corrected chi connectivity index (χ1v) is 5.53. The molecular formula is C11H22N2O2. The van der Waals surface area contributed by atoms with E-state index in [-0.39, 0.29) is 5.41 Å². The van der Waals surface area contributed by atoms with E-state index in [0.717, 1.165) is 19.4 Å². The lowest BCUT2D eigenvalue weighted by molar-refractivity contribution is -0.141. The highest BCUT2D eigenvalue weighted by molar-refractivity contribution is 5.74. The molecule has 1 aliphatic heterocycles. The molecule has 1 aliphatic rings. The van der Waals surface area contributed by atoms with Crippen LogP contribution in [-0.2, 0) is 4.79 Å². The van der Waals surface area contributed by atoms with E-state index in [1.165, 1.54) is 6.42 Å². The van der Waals surface area contributed by atoms with Crippen molar-refractivity contribution >= 4 is 5.97 Å². The van der Waals surface area contributed by atoms with Crippen LogP contribution in [0.1, 0.15) is 33.1 Å². The maximum Gasteiger partial charge on any atom is 0.321 e. The SMILES string of the molecule is CN1CCCC1CC(C)(C)C(N)C(=O)O. The Kier molecular flexibility index (Phi) is 3.73. The topological polar surface area (TPSA) is 66.6 Å². The summed E-state index contributed by atoms with van der Waals surface area (Å²) in [5.74, 6) is -0.902. The maximum atomic E-state index is 10.9. The number of aliphatic carboxylic acids is 1. The second-order valence-corrected chi connectivity index (χ2v) is 5.29. The largest absolute Gasteiger partial charge is 0.480 e. The molecule has 3 N–H and O–H groups in total. The number of rotatable bonds is 4. The standard InChI is InChI=1S/C11H22N2O2/c1-11(2,9(12)10(14)15)7-8-5-4-6-13(8)3/h8-9H,4-7,12H2,1-3H3,(H,14,15). The van der Waals surface area contributed by atoms with Crippen LogP contribution in [0.15, 0.2) is 0 Å². The first-order valence-electron chi connectivity index (χ1n) is 5.53. The van der Waals surface area contributed by atoms with Gasteiger partial charge in [-0.3, -0.25) is 4.79 Å². The summed E-state index contributed by atoms with van der Waals surface area (Å²) >= 11 is 0. The van der Waals surface area contributed by atoms with E-state index in [1.54, 1.807) is 0 Å². The van der Waals surface area contributed by atoms with Crippen molar-refractivity contribution in [3.8, 4) is 0 Å². The molecule has 0 aromatic rings. The van der Waals surface area contributed by atoms with Crippen molar-refractivity contribution in [2.24, 2.45) is 11.1 Å². The predicted octanol–water partition coefficient (Wildman–Crippen LogP) is 0.909. The quantitative estimate of drug-likeness (QED) is 0.730. The van der Waals surface area contributed by atoms with E-state index in [1.807, 2.05) is 13.8 Å². The average Bonchev–Trinajstić information content (AvgIpc) is 2.50. The smallest absolute Gasteiger partial charge is 0.321 e. The zero-order valence-electron chi connectivity index (χ0n) is 9.86. The van der Waals surface area contributed by atoms with Gasteiger partial charge < -0.3 is 15.7 Å². The Hall–Kier alpha value is -0.610. The highest BCUT2D eigenvalue weighted by Gasteiger charge is 2.36. The molecular weight excluding hydrogens is 192 g/mol. The maximum absolute atomic E-state index is 10.9. The van der Waals surface area contributed by atoms with Crippen LogP contribution in [0.4, 0.5) is 0 Å². The molecule has 1 rings (SSSR count). The molecule has 0 spiro atoms. The van der Waals surface area contributed by atoms with Gasteiger partial charge >= 0.3 is 5.97 Å². The molecule has 2 unspecified atom stereocenters. The number of hydrogen-bond acceptors (Lipinski definition) is 3. The molecule has 2 atom stereocenters. The number of nitrogens with zero attached hydrogens (tertiary/aromatic N) is 1. The third kappa shape index (κ3) is 2.92. The van der Waals surface area contributed by atoms with Crippen LogP contribution in [0.3, 0.4) is 0 Å². The lowest BCUT2D eigenvalue weighted by atomic mass is 9.78. The molecule has 1 saturated heterocycles. The predicted molar refractivity (Wildman–Crippen MR) is 59.7 cm³/mol. The van der Waals surface area contributed by atoms with Crippen molar-refractivity contribution < 1.29 is 9.90 Å². The highest BCUT2D eigenvalue weighted by Crippen LogP contribution is 2.31. The summed E-state index contributed by atoms with van der Waals surface area (Å²) in [6.45, 7) is 5.00. The van der Waals surface area contributed by atoms with E-state index in [0.29, 0.717) is 6.04 Å². The van der Waals surface area contributed by atoms with Gasteiger partial charge in [-0.05, 0) is 38.3 Å². The minimum Gasteiger partial charge on any atom is -0.480 e. The first-order chi connectivity index (χ1) is 6.84. The number of carbonyl (C=O) groups is 1. The zero-order valence-corrected chi connectivity index (χ0v) is 9.86. The number of carboxylic acids is 1. The molecule has 4 nitrogen and oxygen atoms in total. The lowest BCUT2D eigenvalue weighted by Gasteiger charge is -2.33. The van der Waals surface area contributed by atoms with Crippen molar-refractivity contribution in [2.45, 2.75) is 45.2 Å². The van der Waals surface area contributed by atoms with Gasteiger partial charge in [-0.2, -0.15) is 0 Å². The highest BCUT2D eigenvalue weighted by atomic mass is 16.4. The minimum atomic E-state index is -0.902. The lowest BCUT2D eigenvalue weighted by Crippen LogP contribution is -2.46. The second kappa shape index (κ2) is 4.49. The molecule has 0 saturated carbocycles. The fourth-order valence-corrected chi connectivity index (χ4v) is 2.31. The number of hydrogen-bond donors (Lipinski definition) is 2.